The van der Waals surface area contributed by atoms with Crippen LogP contribution < -0.4 is 5.73 Å². The van der Waals surface area contributed by atoms with E-state index < -0.39 is 20.7 Å². The molecule has 21 heavy (non-hydrogen) atoms. The summed E-state index contributed by atoms with van der Waals surface area (Å²) in [5, 5.41) is -0.341. The Hall–Kier alpha value is -0.930. The number of hydrogen-bond acceptors (Lipinski definition) is 5. The van der Waals surface area contributed by atoms with E-state index in [2.05, 4.69) is 0 Å². The van der Waals surface area contributed by atoms with E-state index in [-0.39, 0.29) is 37.0 Å². The molecule has 1 aromatic rings. The lowest BCUT2D eigenvalue weighted by molar-refractivity contribution is 0.150. The summed E-state index contributed by atoms with van der Waals surface area (Å²) in [5.74, 6) is -1.02. The molecule has 0 saturated carbocycles. The lowest BCUT2D eigenvalue weighted by Crippen LogP contribution is -2.37. The molecule has 0 amide bonds. The predicted octanol–water partition coefficient (Wildman–Crippen LogP) is 1.34. The van der Waals surface area contributed by atoms with Gasteiger partial charge in [-0.1, -0.05) is 11.6 Å². The Kier molecular flexibility index (Phi) is 6.82. The van der Waals surface area contributed by atoms with Crippen LogP contribution in [-0.2, 0) is 19.5 Å². The molecule has 0 aliphatic rings. The molecular formula is C12H18ClFN2O4S. The Labute approximate surface area is 128 Å². The van der Waals surface area contributed by atoms with Crippen molar-refractivity contribution in [3.63, 3.8) is 0 Å². The molecule has 2 N–H and O–H groups in total. The second-order valence-corrected chi connectivity index (χ2v) is 6.52. The van der Waals surface area contributed by atoms with E-state index in [1.807, 2.05) is 0 Å². The molecule has 1 aromatic carbocycles. The number of ether oxygens (including phenoxy) is 2. The quantitative estimate of drug-likeness (QED) is 0.722. The third kappa shape index (κ3) is 4.52. The van der Waals surface area contributed by atoms with Gasteiger partial charge in [-0.05, 0) is 12.1 Å². The second-order valence-electron chi connectivity index (χ2n) is 4.20. The van der Waals surface area contributed by atoms with Crippen LogP contribution in [0.15, 0.2) is 17.0 Å². The third-order valence-corrected chi connectivity index (χ3v) is 4.90. The molecule has 0 aliphatic heterocycles. The van der Waals surface area contributed by atoms with Gasteiger partial charge in [-0.25, -0.2) is 12.8 Å². The Morgan fingerprint density at radius 2 is 1.76 bits per heavy atom. The average Bonchev–Trinajstić information content (AvgIpc) is 2.42. The number of anilines is 1. The van der Waals surface area contributed by atoms with Gasteiger partial charge in [-0.2, -0.15) is 4.31 Å². The summed E-state index contributed by atoms with van der Waals surface area (Å²) in [5.41, 5.74) is 5.61. The highest BCUT2D eigenvalue weighted by Gasteiger charge is 2.28. The summed E-state index contributed by atoms with van der Waals surface area (Å²) in [6.07, 6.45) is 0. The molecule has 6 nitrogen and oxygen atoms in total. The number of nitrogens with two attached hydrogens (primary N) is 1. The van der Waals surface area contributed by atoms with Gasteiger partial charge in [0.1, 0.15) is 4.90 Å². The van der Waals surface area contributed by atoms with Crippen molar-refractivity contribution in [2.24, 2.45) is 0 Å². The summed E-state index contributed by atoms with van der Waals surface area (Å²) >= 11 is 5.65. The molecule has 0 atom stereocenters. The van der Waals surface area contributed by atoms with Crippen molar-refractivity contribution in [1.29, 1.82) is 0 Å². The molecule has 0 bridgehead atoms. The lowest BCUT2D eigenvalue weighted by atomic mass is 10.3. The highest BCUT2D eigenvalue weighted by Crippen LogP contribution is 2.27. The maximum absolute atomic E-state index is 14.0. The highest BCUT2D eigenvalue weighted by molar-refractivity contribution is 7.89. The number of benzene rings is 1. The third-order valence-electron chi connectivity index (χ3n) is 2.72. The van der Waals surface area contributed by atoms with E-state index in [0.717, 1.165) is 16.4 Å². The van der Waals surface area contributed by atoms with Crippen LogP contribution in [-0.4, -0.2) is 53.2 Å². The van der Waals surface area contributed by atoms with Crippen molar-refractivity contribution in [2.75, 3.05) is 46.3 Å². The van der Waals surface area contributed by atoms with Gasteiger partial charge in [0.2, 0.25) is 10.0 Å². The van der Waals surface area contributed by atoms with Crippen LogP contribution in [0.3, 0.4) is 0 Å². The Balaban J connectivity index is 3.21. The van der Waals surface area contributed by atoms with E-state index in [1.54, 1.807) is 0 Å². The molecule has 0 heterocycles. The zero-order valence-electron chi connectivity index (χ0n) is 11.8. The van der Waals surface area contributed by atoms with Crippen molar-refractivity contribution < 1.29 is 22.3 Å². The maximum Gasteiger partial charge on any atom is 0.246 e. The summed E-state index contributed by atoms with van der Waals surface area (Å²) < 4.78 is 49.9. The van der Waals surface area contributed by atoms with Crippen molar-refractivity contribution >= 4 is 27.3 Å². The van der Waals surface area contributed by atoms with Gasteiger partial charge in [-0.15, -0.1) is 0 Å². The van der Waals surface area contributed by atoms with Crippen LogP contribution in [0.1, 0.15) is 0 Å². The van der Waals surface area contributed by atoms with Crippen molar-refractivity contribution in [2.45, 2.75) is 4.90 Å². The van der Waals surface area contributed by atoms with Gasteiger partial charge < -0.3 is 15.2 Å². The molecule has 0 radical (unpaired) electrons. The number of halogens is 2. The standard InChI is InChI=1S/C12H18ClFN2O4S/c1-19-5-3-16(4-6-20-2)21(17,18)11-8-9(15)7-10(13)12(11)14/h7-8H,3-6,15H2,1-2H3. The fourth-order valence-electron chi connectivity index (χ4n) is 1.65. The molecule has 0 aliphatic carbocycles. The van der Waals surface area contributed by atoms with Crippen molar-refractivity contribution in [1.82, 2.24) is 4.31 Å². The van der Waals surface area contributed by atoms with Gasteiger partial charge >= 0.3 is 0 Å². The SMILES string of the molecule is COCCN(CCOC)S(=O)(=O)c1cc(N)cc(Cl)c1F. The smallest absolute Gasteiger partial charge is 0.246 e. The normalized spacial score (nSPS) is 12.0. The van der Waals surface area contributed by atoms with E-state index in [4.69, 9.17) is 26.8 Å². The first-order valence-corrected chi connectivity index (χ1v) is 7.89. The zero-order chi connectivity index (χ0) is 16.0. The van der Waals surface area contributed by atoms with Crippen LogP contribution in [0.25, 0.3) is 0 Å². The highest BCUT2D eigenvalue weighted by atomic mass is 35.5. The van der Waals surface area contributed by atoms with Gasteiger partial charge in [0.15, 0.2) is 5.82 Å². The van der Waals surface area contributed by atoms with Crippen molar-refractivity contribution in [3.8, 4) is 0 Å². The number of rotatable bonds is 8. The lowest BCUT2D eigenvalue weighted by Gasteiger charge is -2.22. The summed E-state index contributed by atoms with van der Waals surface area (Å²) in [6.45, 7) is 0.462. The Morgan fingerprint density at radius 3 is 2.24 bits per heavy atom. The first kappa shape index (κ1) is 18.1. The topological polar surface area (TPSA) is 81.9 Å². The summed E-state index contributed by atoms with van der Waals surface area (Å²) in [6, 6.07) is 2.20. The molecule has 0 aromatic heterocycles. The van der Waals surface area contributed by atoms with Gasteiger partial charge in [-0.3, -0.25) is 0 Å². The second kappa shape index (κ2) is 7.90. The van der Waals surface area contributed by atoms with Crippen LogP contribution in [0.4, 0.5) is 10.1 Å². The van der Waals surface area contributed by atoms with E-state index in [9.17, 15) is 12.8 Å². The fraction of sp³-hybridized carbons (Fsp3) is 0.500. The van der Waals surface area contributed by atoms with Crippen LogP contribution >= 0.6 is 11.6 Å². The Morgan fingerprint density at radius 1 is 1.24 bits per heavy atom. The predicted molar refractivity (Wildman–Crippen MR) is 78.3 cm³/mol. The molecular weight excluding hydrogens is 323 g/mol. The molecule has 120 valence electrons. The molecule has 0 spiro atoms. The molecule has 9 heteroatoms. The van der Waals surface area contributed by atoms with Crippen LogP contribution in [0.5, 0.6) is 0 Å². The molecule has 1 rings (SSSR count). The zero-order valence-corrected chi connectivity index (χ0v) is 13.4. The largest absolute Gasteiger partial charge is 0.399 e. The van der Waals surface area contributed by atoms with Gasteiger partial charge in [0.25, 0.3) is 0 Å². The van der Waals surface area contributed by atoms with Gasteiger partial charge in [0, 0.05) is 33.0 Å². The molecule has 0 fully saturated rings. The first-order valence-electron chi connectivity index (χ1n) is 6.07. The summed E-state index contributed by atoms with van der Waals surface area (Å²) in [7, 11) is -1.20. The average molecular weight is 341 g/mol. The van der Waals surface area contributed by atoms with E-state index >= 15 is 0 Å². The number of nitrogen functional groups attached to an aromatic ring is 1. The van der Waals surface area contributed by atoms with Gasteiger partial charge in [0.05, 0.1) is 18.2 Å². The minimum atomic E-state index is -4.09. The Bertz CT molecular complexity index is 575. The molecule has 0 saturated heterocycles. The minimum Gasteiger partial charge on any atom is -0.399 e. The number of nitrogens with zero attached hydrogens (tertiary/aromatic N) is 1. The number of hydrogen-bond donors (Lipinski definition) is 1. The van der Waals surface area contributed by atoms with Crippen molar-refractivity contribution in [3.05, 3.63) is 23.0 Å². The number of sulfonamides is 1. The maximum atomic E-state index is 14.0. The van der Waals surface area contributed by atoms with E-state index in [1.165, 1.54) is 14.2 Å². The monoisotopic (exact) mass is 340 g/mol. The number of methoxy groups -OCH3 is 2. The summed E-state index contributed by atoms with van der Waals surface area (Å²) in [4.78, 5) is -0.556. The van der Waals surface area contributed by atoms with Crippen LogP contribution in [0, 0.1) is 5.82 Å². The molecule has 0 unspecified atom stereocenters. The first-order chi connectivity index (χ1) is 9.84. The fourth-order valence-corrected chi connectivity index (χ4v) is 3.46. The minimum absolute atomic E-state index is 0.0635. The van der Waals surface area contributed by atoms with E-state index in [0.29, 0.717) is 0 Å². The van der Waals surface area contributed by atoms with Crippen LogP contribution in [0.2, 0.25) is 5.02 Å².